The molecule has 1 heterocycles. The molecule has 0 atom stereocenters. The molecule has 0 saturated heterocycles. The van der Waals surface area contributed by atoms with Crippen LogP contribution in [-0.4, -0.2) is 27.5 Å². The van der Waals surface area contributed by atoms with Crippen LogP contribution in [0.2, 0.25) is 0 Å². The van der Waals surface area contributed by atoms with Crippen molar-refractivity contribution in [3.63, 3.8) is 0 Å². The molecule has 1 aliphatic carbocycles. The van der Waals surface area contributed by atoms with Gasteiger partial charge >= 0.3 is 6.03 Å². The lowest BCUT2D eigenvalue weighted by Crippen LogP contribution is -2.21. The van der Waals surface area contributed by atoms with Crippen molar-refractivity contribution < 1.29 is 9.90 Å². The first kappa shape index (κ1) is 14.6. The number of benzene rings is 1. The van der Waals surface area contributed by atoms with Crippen LogP contribution in [0.3, 0.4) is 0 Å². The van der Waals surface area contributed by atoms with Crippen LogP contribution in [0.1, 0.15) is 24.0 Å². The smallest absolute Gasteiger partial charge is 0.323 e. The Bertz CT molecular complexity index is 666. The molecule has 1 aromatic heterocycles. The first-order valence-electron chi connectivity index (χ1n) is 7.58. The average molecular weight is 300 g/mol. The van der Waals surface area contributed by atoms with E-state index in [1.807, 2.05) is 12.1 Å². The molecule has 0 radical (unpaired) electrons. The third kappa shape index (κ3) is 3.28. The normalized spacial score (nSPS) is 13.5. The maximum atomic E-state index is 12.1. The summed E-state index contributed by atoms with van der Waals surface area (Å²) in [6.07, 6.45) is 7.74. The first-order valence-corrected chi connectivity index (χ1v) is 7.58. The highest BCUT2D eigenvalue weighted by molar-refractivity contribution is 6.00. The number of anilines is 2. The SMILES string of the molecule is O=C(Nc1cnn(CCO)c1)Nc1cccc2c1CCCC2. The number of amides is 2. The van der Waals surface area contributed by atoms with Crippen molar-refractivity contribution in [2.24, 2.45) is 0 Å². The lowest BCUT2D eigenvalue weighted by atomic mass is 9.90. The number of aryl methyl sites for hydroxylation is 1. The van der Waals surface area contributed by atoms with Gasteiger partial charge in [-0.15, -0.1) is 0 Å². The summed E-state index contributed by atoms with van der Waals surface area (Å²) in [5.41, 5.74) is 4.08. The quantitative estimate of drug-likeness (QED) is 0.811. The summed E-state index contributed by atoms with van der Waals surface area (Å²) in [5.74, 6) is 0. The van der Waals surface area contributed by atoms with E-state index >= 15 is 0 Å². The zero-order valence-corrected chi connectivity index (χ0v) is 12.4. The van der Waals surface area contributed by atoms with E-state index in [0.717, 1.165) is 18.5 Å². The second-order valence-electron chi connectivity index (χ2n) is 5.45. The Morgan fingerprint density at radius 3 is 3.00 bits per heavy atom. The highest BCUT2D eigenvalue weighted by Gasteiger charge is 2.14. The molecule has 0 aliphatic heterocycles. The number of aliphatic hydroxyl groups is 1. The van der Waals surface area contributed by atoms with E-state index in [4.69, 9.17) is 5.11 Å². The fourth-order valence-electron chi connectivity index (χ4n) is 2.84. The Morgan fingerprint density at radius 2 is 2.14 bits per heavy atom. The van der Waals surface area contributed by atoms with E-state index in [-0.39, 0.29) is 12.6 Å². The molecule has 2 aromatic rings. The molecule has 1 aliphatic rings. The van der Waals surface area contributed by atoms with Crippen molar-refractivity contribution in [1.29, 1.82) is 0 Å². The molecule has 0 saturated carbocycles. The number of fused-ring (bicyclic) bond motifs is 1. The van der Waals surface area contributed by atoms with E-state index in [1.54, 1.807) is 17.1 Å². The number of aliphatic hydroxyl groups excluding tert-OH is 1. The zero-order chi connectivity index (χ0) is 15.4. The van der Waals surface area contributed by atoms with Crippen LogP contribution in [0, 0.1) is 0 Å². The molecule has 22 heavy (non-hydrogen) atoms. The molecule has 0 bridgehead atoms. The van der Waals surface area contributed by atoms with Crippen LogP contribution in [0.15, 0.2) is 30.6 Å². The van der Waals surface area contributed by atoms with Gasteiger partial charge in [0.05, 0.1) is 25.0 Å². The fraction of sp³-hybridized carbons (Fsp3) is 0.375. The topological polar surface area (TPSA) is 79.2 Å². The minimum Gasteiger partial charge on any atom is -0.394 e. The Morgan fingerprint density at radius 1 is 1.27 bits per heavy atom. The average Bonchev–Trinajstić information content (AvgIpc) is 2.95. The van der Waals surface area contributed by atoms with Crippen molar-refractivity contribution in [1.82, 2.24) is 9.78 Å². The minimum absolute atomic E-state index is 0.0173. The van der Waals surface area contributed by atoms with E-state index < -0.39 is 0 Å². The number of nitrogens with one attached hydrogen (secondary N) is 2. The number of urea groups is 1. The molecule has 116 valence electrons. The van der Waals surface area contributed by atoms with E-state index in [1.165, 1.54) is 24.0 Å². The van der Waals surface area contributed by atoms with Gasteiger partial charge in [-0.25, -0.2) is 4.79 Å². The lowest BCUT2D eigenvalue weighted by molar-refractivity contribution is 0.262. The standard InChI is InChI=1S/C16H20N4O2/c21-9-8-20-11-13(10-17-20)18-16(22)19-15-7-3-5-12-4-1-2-6-14(12)15/h3,5,7,10-11,21H,1-2,4,6,8-9H2,(H2,18,19,22). The number of aromatic nitrogens is 2. The predicted molar refractivity (Wildman–Crippen MR) is 85.0 cm³/mol. The number of carbonyl (C=O) groups is 1. The molecule has 1 aromatic carbocycles. The molecule has 6 nitrogen and oxygen atoms in total. The summed E-state index contributed by atoms with van der Waals surface area (Å²) >= 11 is 0. The third-order valence-electron chi connectivity index (χ3n) is 3.86. The number of nitrogens with zero attached hydrogens (tertiary/aromatic N) is 2. The van der Waals surface area contributed by atoms with Gasteiger partial charge in [-0.2, -0.15) is 5.10 Å². The predicted octanol–water partition coefficient (Wildman–Crippen LogP) is 2.40. The highest BCUT2D eigenvalue weighted by atomic mass is 16.3. The molecule has 0 fully saturated rings. The zero-order valence-electron chi connectivity index (χ0n) is 12.4. The Balaban J connectivity index is 1.66. The van der Waals surface area contributed by atoms with Gasteiger partial charge in [0.2, 0.25) is 0 Å². The van der Waals surface area contributed by atoms with E-state index in [9.17, 15) is 4.79 Å². The summed E-state index contributed by atoms with van der Waals surface area (Å²) < 4.78 is 1.58. The summed E-state index contributed by atoms with van der Waals surface area (Å²) in [7, 11) is 0. The molecular formula is C16H20N4O2. The van der Waals surface area contributed by atoms with Gasteiger partial charge in [-0.05, 0) is 42.9 Å². The third-order valence-corrected chi connectivity index (χ3v) is 3.86. The molecule has 3 rings (SSSR count). The molecule has 3 N–H and O–H groups in total. The van der Waals surface area contributed by atoms with Crippen LogP contribution in [0.25, 0.3) is 0 Å². The summed E-state index contributed by atoms with van der Waals surface area (Å²) in [4.78, 5) is 12.1. The molecule has 2 amide bonds. The van der Waals surface area contributed by atoms with Gasteiger partial charge in [0.15, 0.2) is 0 Å². The van der Waals surface area contributed by atoms with Gasteiger partial charge in [-0.3, -0.25) is 4.68 Å². The summed E-state index contributed by atoms with van der Waals surface area (Å²) in [5, 5.41) is 18.6. The monoisotopic (exact) mass is 300 g/mol. The molecule has 0 spiro atoms. The van der Waals surface area contributed by atoms with Crippen molar-refractivity contribution >= 4 is 17.4 Å². The number of hydrogen-bond donors (Lipinski definition) is 3. The van der Waals surface area contributed by atoms with Gasteiger partial charge < -0.3 is 15.7 Å². The first-order chi connectivity index (χ1) is 10.8. The lowest BCUT2D eigenvalue weighted by Gasteiger charge is -2.19. The van der Waals surface area contributed by atoms with Gasteiger partial charge in [-0.1, -0.05) is 12.1 Å². The van der Waals surface area contributed by atoms with Crippen molar-refractivity contribution in [2.45, 2.75) is 32.2 Å². The van der Waals surface area contributed by atoms with E-state index in [2.05, 4.69) is 21.8 Å². The van der Waals surface area contributed by atoms with Crippen molar-refractivity contribution in [3.8, 4) is 0 Å². The van der Waals surface area contributed by atoms with Gasteiger partial charge in [0.25, 0.3) is 0 Å². The Kier molecular flexibility index (Phi) is 4.39. The Labute approximate surface area is 129 Å². The fourth-order valence-corrected chi connectivity index (χ4v) is 2.84. The maximum Gasteiger partial charge on any atom is 0.323 e. The van der Waals surface area contributed by atoms with Crippen LogP contribution >= 0.6 is 0 Å². The van der Waals surface area contributed by atoms with Crippen molar-refractivity contribution in [3.05, 3.63) is 41.7 Å². The largest absolute Gasteiger partial charge is 0.394 e. The number of carbonyl (C=O) groups excluding carboxylic acids is 1. The van der Waals surface area contributed by atoms with Crippen LogP contribution in [0.5, 0.6) is 0 Å². The van der Waals surface area contributed by atoms with E-state index in [0.29, 0.717) is 12.2 Å². The minimum atomic E-state index is -0.275. The molecule has 0 unspecified atom stereocenters. The van der Waals surface area contributed by atoms with Crippen molar-refractivity contribution in [2.75, 3.05) is 17.2 Å². The number of rotatable bonds is 4. The Hall–Kier alpha value is -2.34. The summed E-state index contributed by atoms with van der Waals surface area (Å²) in [6.45, 7) is 0.430. The second kappa shape index (κ2) is 6.62. The highest BCUT2D eigenvalue weighted by Crippen LogP contribution is 2.27. The maximum absolute atomic E-state index is 12.1. The van der Waals surface area contributed by atoms with Gasteiger partial charge in [0.1, 0.15) is 0 Å². The molecular weight excluding hydrogens is 280 g/mol. The second-order valence-corrected chi connectivity index (χ2v) is 5.45. The van der Waals surface area contributed by atoms with Crippen LogP contribution in [-0.2, 0) is 19.4 Å². The summed E-state index contributed by atoms with van der Waals surface area (Å²) in [6, 6.07) is 5.79. The van der Waals surface area contributed by atoms with Gasteiger partial charge in [0, 0.05) is 11.9 Å². The number of hydrogen-bond acceptors (Lipinski definition) is 3. The van der Waals surface area contributed by atoms with Crippen LogP contribution < -0.4 is 10.6 Å². The molecule has 6 heteroatoms. The van der Waals surface area contributed by atoms with Crippen LogP contribution in [0.4, 0.5) is 16.2 Å².